The zero-order valence-corrected chi connectivity index (χ0v) is 17.9. The molecule has 27 heavy (non-hydrogen) atoms. The number of rotatable bonds is 7. The third-order valence-corrected chi connectivity index (χ3v) is 5.33. The lowest BCUT2D eigenvalue weighted by Gasteiger charge is -2.36. The maximum absolute atomic E-state index is 12.8. The zero-order chi connectivity index (χ0) is 17.5. The molecular formula is C20H34Cl2N4O. The van der Waals surface area contributed by atoms with Crippen LogP contribution in [0.2, 0.25) is 0 Å². The van der Waals surface area contributed by atoms with Crippen LogP contribution in [0.25, 0.3) is 0 Å². The van der Waals surface area contributed by atoms with Gasteiger partial charge in [0.05, 0.1) is 6.54 Å². The Morgan fingerprint density at radius 3 is 2.37 bits per heavy atom. The van der Waals surface area contributed by atoms with Gasteiger partial charge in [0.25, 0.3) is 0 Å². The second-order valence-corrected chi connectivity index (χ2v) is 7.27. The van der Waals surface area contributed by atoms with E-state index in [2.05, 4.69) is 57.3 Å². The summed E-state index contributed by atoms with van der Waals surface area (Å²) >= 11 is 0. The van der Waals surface area contributed by atoms with E-state index in [1.54, 1.807) is 0 Å². The molecule has 5 nitrogen and oxygen atoms in total. The monoisotopic (exact) mass is 416 g/mol. The molecule has 2 heterocycles. The third-order valence-electron chi connectivity index (χ3n) is 5.33. The molecule has 1 aromatic rings. The minimum absolute atomic E-state index is 0. The van der Waals surface area contributed by atoms with Gasteiger partial charge in [-0.15, -0.1) is 24.8 Å². The van der Waals surface area contributed by atoms with Gasteiger partial charge in [0.1, 0.15) is 0 Å². The Labute approximate surface area is 176 Å². The predicted octanol–water partition coefficient (Wildman–Crippen LogP) is 2.25. The van der Waals surface area contributed by atoms with Gasteiger partial charge in [-0.1, -0.05) is 37.3 Å². The fourth-order valence-electron chi connectivity index (χ4n) is 3.89. The van der Waals surface area contributed by atoms with Crippen molar-refractivity contribution < 1.29 is 4.79 Å². The molecule has 2 fully saturated rings. The average molecular weight is 417 g/mol. The first-order valence-electron chi connectivity index (χ1n) is 9.75. The van der Waals surface area contributed by atoms with Crippen LogP contribution in [0.5, 0.6) is 0 Å². The van der Waals surface area contributed by atoms with Crippen molar-refractivity contribution in [3.8, 4) is 0 Å². The fourth-order valence-corrected chi connectivity index (χ4v) is 3.89. The highest BCUT2D eigenvalue weighted by Crippen LogP contribution is 2.12. The highest BCUT2D eigenvalue weighted by Gasteiger charge is 2.27. The molecule has 0 radical (unpaired) electrons. The topological polar surface area (TPSA) is 38.8 Å². The molecule has 2 saturated heterocycles. The maximum Gasteiger partial charge on any atom is 0.237 e. The summed E-state index contributed by atoms with van der Waals surface area (Å²) in [6.07, 6.45) is 2.13. The van der Waals surface area contributed by atoms with Crippen molar-refractivity contribution in [3.05, 3.63) is 35.9 Å². The number of nitrogens with one attached hydrogen (secondary N) is 1. The number of benzene rings is 1. The quantitative estimate of drug-likeness (QED) is 0.739. The van der Waals surface area contributed by atoms with Crippen LogP contribution in [0.4, 0.5) is 0 Å². The van der Waals surface area contributed by atoms with Crippen molar-refractivity contribution in [2.45, 2.75) is 32.4 Å². The van der Waals surface area contributed by atoms with Gasteiger partial charge in [-0.3, -0.25) is 14.6 Å². The van der Waals surface area contributed by atoms with E-state index in [1.165, 1.54) is 5.56 Å². The molecule has 7 heteroatoms. The first-order chi connectivity index (χ1) is 12.3. The van der Waals surface area contributed by atoms with Gasteiger partial charge in [-0.2, -0.15) is 0 Å². The molecule has 2 aliphatic heterocycles. The van der Waals surface area contributed by atoms with Crippen LogP contribution in [0.3, 0.4) is 0 Å². The molecule has 1 atom stereocenters. The van der Waals surface area contributed by atoms with Crippen LogP contribution < -0.4 is 5.32 Å². The second-order valence-electron chi connectivity index (χ2n) is 7.27. The molecule has 0 saturated carbocycles. The second kappa shape index (κ2) is 12.6. The lowest BCUT2D eigenvalue weighted by molar-refractivity contribution is -0.135. The fraction of sp³-hybridized carbons (Fsp3) is 0.650. The summed E-state index contributed by atoms with van der Waals surface area (Å²) in [6.45, 7) is 10.7. The van der Waals surface area contributed by atoms with Gasteiger partial charge in [-0.25, -0.2) is 0 Å². The van der Waals surface area contributed by atoms with Gasteiger partial charge in [0.15, 0.2) is 0 Å². The smallest absolute Gasteiger partial charge is 0.237 e. The maximum atomic E-state index is 12.8. The number of amides is 1. The molecule has 1 amide bonds. The third kappa shape index (κ3) is 7.24. The molecule has 1 unspecified atom stereocenters. The lowest BCUT2D eigenvalue weighted by Crippen LogP contribution is -2.51. The van der Waals surface area contributed by atoms with Gasteiger partial charge >= 0.3 is 0 Å². The number of halogens is 2. The molecular weight excluding hydrogens is 383 g/mol. The number of hydrogen-bond acceptors (Lipinski definition) is 4. The Bertz CT molecular complexity index is 532. The van der Waals surface area contributed by atoms with Gasteiger partial charge in [0, 0.05) is 51.9 Å². The van der Waals surface area contributed by atoms with E-state index in [-0.39, 0.29) is 24.8 Å². The number of piperazine rings is 1. The summed E-state index contributed by atoms with van der Waals surface area (Å²) in [5, 5.41) is 3.38. The number of hydrogen-bond donors (Lipinski definition) is 1. The van der Waals surface area contributed by atoms with E-state index in [0.29, 0.717) is 18.5 Å². The molecule has 0 bridgehead atoms. The normalized spacial score (nSPS) is 20.6. The Morgan fingerprint density at radius 2 is 1.78 bits per heavy atom. The summed E-state index contributed by atoms with van der Waals surface area (Å²) in [4.78, 5) is 19.7. The summed E-state index contributed by atoms with van der Waals surface area (Å²) in [5.41, 5.74) is 1.37. The Morgan fingerprint density at radius 1 is 1.11 bits per heavy atom. The van der Waals surface area contributed by atoms with Crippen LogP contribution in [0, 0.1) is 0 Å². The first kappa shape index (κ1) is 24.2. The predicted molar refractivity (Wildman–Crippen MR) is 116 cm³/mol. The number of carbonyl (C=O) groups is 1. The lowest BCUT2D eigenvalue weighted by atomic mass is 10.2. The molecule has 0 aromatic heterocycles. The van der Waals surface area contributed by atoms with Crippen LogP contribution in [-0.2, 0) is 11.3 Å². The van der Waals surface area contributed by atoms with Crippen molar-refractivity contribution in [1.29, 1.82) is 0 Å². The molecule has 0 spiro atoms. The van der Waals surface area contributed by atoms with Crippen molar-refractivity contribution in [2.75, 3.05) is 52.4 Å². The summed E-state index contributed by atoms with van der Waals surface area (Å²) in [5.74, 6) is 0.312. The molecule has 2 aliphatic rings. The summed E-state index contributed by atoms with van der Waals surface area (Å²) in [7, 11) is 0. The first-order valence-corrected chi connectivity index (χ1v) is 9.75. The van der Waals surface area contributed by atoms with Gasteiger partial charge in [0.2, 0.25) is 5.91 Å². The molecule has 1 aromatic carbocycles. The van der Waals surface area contributed by atoms with Crippen LogP contribution in [0.15, 0.2) is 30.3 Å². The number of carbonyl (C=O) groups excluding carboxylic acids is 1. The molecule has 154 valence electrons. The minimum atomic E-state index is 0. The molecule has 3 rings (SSSR count). The average Bonchev–Trinajstić information content (AvgIpc) is 3.16. The number of nitrogens with zero attached hydrogens (tertiary/aromatic N) is 3. The SMILES string of the molecule is CCCN(C(=O)CN1CCN(Cc2ccccc2)CC1)C1CCNC1.Cl.Cl. The van der Waals surface area contributed by atoms with Gasteiger partial charge in [-0.05, 0) is 24.9 Å². The van der Waals surface area contributed by atoms with Crippen molar-refractivity contribution in [1.82, 2.24) is 20.0 Å². The van der Waals surface area contributed by atoms with E-state index in [4.69, 9.17) is 0 Å². The Hall–Kier alpha value is -0.850. The van der Waals surface area contributed by atoms with Crippen LogP contribution >= 0.6 is 24.8 Å². The van der Waals surface area contributed by atoms with E-state index in [1.807, 2.05) is 0 Å². The summed E-state index contributed by atoms with van der Waals surface area (Å²) in [6, 6.07) is 11.0. The molecule has 0 aliphatic carbocycles. The Kier molecular flexibility index (Phi) is 11.3. The van der Waals surface area contributed by atoms with E-state index in [0.717, 1.165) is 65.2 Å². The van der Waals surface area contributed by atoms with Gasteiger partial charge < -0.3 is 10.2 Å². The van der Waals surface area contributed by atoms with Crippen molar-refractivity contribution in [3.63, 3.8) is 0 Å². The molecule has 1 N–H and O–H groups in total. The van der Waals surface area contributed by atoms with Crippen LogP contribution in [0.1, 0.15) is 25.3 Å². The largest absolute Gasteiger partial charge is 0.337 e. The standard InChI is InChI=1S/C20H32N4O.2ClH/c1-2-10-24(19-8-9-21-15-19)20(25)17-23-13-11-22(12-14-23)16-18-6-4-3-5-7-18;;/h3-7,19,21H,2,8-17H2,1H3;2*1H. The summed E-state index contributed by atoms with van der Waals surface area (Å²) < 4.78 is 0. The van der Waals surface area contributed by atoms with Crippen molar-refractivity contribution in [2.24, 2.45) is 0 Å². The van der Waals surface area contributed by atoms with Crippen molar-refractivity contribution >= 4 is 30.7 Å². The van der Waals surface area contributed by atoms with E-state index >= 15 is 0 Å². The Balaban J connectivity index is 0.00000182. The minimum Gasteiger partial charge on any atom is -0.337 e. The van der Waals surface area contributed by atoms with Crippen LogP contribution in [-0.4, -0.2) is 79.0 Å². The highest BCUT2D eigenvalue weighted by molar-refractivity contribution is 5.85. The van der Waals surface area contributed by atoms with E-state index in [9.17, 15) is 4.79 Å². The zero-order valence-electron chi connectivity index (χ0n) is 16.3. The highest BCUT2D eigenvalue weighted by atomic mass is 35.5. The van der Waals surface area contributed by atoms with E-state index < -0.39 is 0 Å².